The first kappa shape index (κ1) is 24.7. The predicted octanol–water partition coefficient (Wildman–Crippen LogP) is 6.42. The Morgan fingerprint density at radius 1 is 0.946 bits per heavy atom. The molecule has 6 rings (SSSR count). The first-order valence-corrected chi connectivity index (χ1v) is 16.0. The second-order valence-electron chi connectivity index (χ2n) is 9.77. The molecule has 2 aliphatic heterocycles. The van der Waals surface area contributed by atoms with Crippen LogP contribution in [0.15, 0.2) is 74.9 Å². The van der Waals surface area contributed by atoms with Gasteiger partial charge in [-0.15, -0.1) is 22.7 Å². The molecule has 0 spiro atoms. The van der Waals surface area contributed by atoms with Crippen LogP contribution in [-0.4, -0.2) is 42.4 Å². The molecule has 2 aromatic heterocycles. The lowest BCUT2D eigenvalue weighted by molar-refractivity contribution is 0.0684. The van der Waals surface area contributed by atoms with Crippen molar-refractivity contribution in [2.75, 3.05) is 13.1 Å². The normalized spacial score (nSPS) is 23.7. The van der Waals surface area contributed by atoms with Crippen LogP contribution in [0, 0.1) is 5.92 Å². The zero-order chi connectivity index (χ0) is 25.4. The second-order valence-corrected chi connectivity index (χ2v) is 13.7. The average molecular weight is 552 g/mol. The van der Waals surface area contributed by atoms with Crippen LogP contribution >= 0.6 is 22.7 Å². The number of hydrogen-bond donors (Lipinski definition) is 0. The molecule has 0 bridgehead atoms. The molecule has 1 aliphatic carbocycles. The quantitative estimate of drug-likeness (QED) is 0.367. The van der Waals surface area contributed by atoms with Gasteiger partial charge in [-0.05, 0) is 90.9 Å². The Kier molecular flexibility index (Phi) is 6.88. The summed E-state index contributed by atoms with van der Waals surface area (Å²) in [6, 6.07) is 14.5. The highest BCUT2D eigenvalue weighted by Gasteiger charge is 2.44. The minimum absolute atomic E-state index is 0.147. The predicted molar refractivity (Wildman–Crippen MR) is 149 cm³/mol. The van der Waals surface area contributed by atoms with Gasteiger partial charge in [0.2, 0.25) is 10.0 Å². The molecule has 1 amide bonds. The molecular weight excluding hydrogens is 523 g/mol. The summed E-state index contributed by atoms with van der Waals surface area (Å²) in [5.74, 6) is -0.0426. The molecular formula is C28H29N3O3S3. The molecule has 3 aliphatic rings. The van der Waals surface area contributed by atoms with Crippen LogP contribution in [0.5, 0.6) is 0 Å². The molecule has 2 fully saturated rings. The van der Waals surface area contributed by atoms with Gasteiger partial charge in [-0.25, -0.2) is 13.4 Å². The maximum Gasteiger partial charge on any atom is 0.274 e. The number of benzene rings is 1. The summed E-state index contributed by atoms with van der Waals surface area (Å²) in [5, 5.41) is 10.7. The highest BCUT2D eigenvalue weighted by molar-refractivity contribution is 7.89. The first-order chi connectivity index (χ1) is 18.0. The summed E-state index contributed by atoms with van der Waals surface area (Å²) in [6.45, 7) is 1.11. The van der Waals surface area contributed by atoms with Gasteiger partial charge in [0.1, 0.15) is 0 Å². The Balaban J connectivity index is 1.32. The average Bonchev–Trinajstić information content (AvgIpc) is 3.70. The molecule has 1 saturated carbocycles. The number of carbonyl (C=O) groups is 1. The van der Waals surface area contributed by atoms with E-state index in [4.69, 9.17) is 5.10 Å². The lowest BCUT2D eigenvalue weighted by Crippen LogP contribution is -2.35. The summed E-state index contributed by atoms with van der Waals surface area (Å²) >= 11 is 3.36. The van der Waals surface area contributed by atoms with Crippen LogP contribution in [0.2, 0.25) is 0 Å². The molecule has 192 valence electrons. The number of allylic oxidation sites excluding steroid dienone is 1. The molecule has 9 heteroatoms. The van der Waals surface area contributed by atoms with E-state index in [0.717, 1.165) is 49.1 Å². The number of hydrazone groups is 1. The van der Waals surface area contributed by atoms with Crippen molar-refractivity contribution in [2.24, 2.45) is 11.0 Å². The first-order valence-electron chi connectivity index (χ1n) is 12.8. The summed E-state index contributed by atoms with van der Waals surface area (Å²) < 4.78 is 27.7. The monoisotopic (exact) mass is 551 g/mol. The van der Waals surface area contributed by atoms with Gasteiger partial charge in [0.05, 0.1) is 16.6 Å². The Labute approximate surface area is 226 Å². The van der Waals surface area contributed by atoms with E-state index in [1.54, 1.807) is 56.3 Å². The standard InChI is InChI=1S/C28H29N3O3S3/c32-28(20-11-13-23(14-12-20)37(33,34)30-15-2-1-3-16-30)31-27(25-10-6-18-36-25)24-9-4-7-21(26(24)29-31)19-22-8-5-17-35-22/h5-6,8,10-14,17-19,24,27H,1-4,7,9,15-16H2/b21-19+. The molecule has 37 heavy (non-hydrogen) atoms. The van der Waals surface area contributed by atoms with Crippen molar-refractivity contribution in [3.05, 3.63) is 80.2 Å². The summed E-state index contributed by atoms with van der Waals surface area (Å²) in [6.07, 6.45) is 8.06. The fraction of sp³-hybridized carbons (Fsp3) is 0.357. The van der Waals surface area contributed by atoms with Gasteiger partial charge in [0.25, 0.3) is 5.91 Å². The maximum atomic E-state index is 13.8. The van der Waals surface area contributed by atoms with Crippen molar-refractivity contribution in [3.8, 4) is 0 Å². The zero-order valence-electron chi connectivity index (χ0n) is 20.5. The lowest BCUT2D eigenvalue weighted by Gasteiger charge is -2.28. The Morgan fingerprint density at radius 3 is 2.41 bits per heavy atom. The van der Waals surface area contributed by atoms with Gasteiger partial charge in [-0.2, -0.15) is 9.41 Å². The van der Waals surface area contributed by atoms with Crippen molar-refractivity contribution >= 4 is 50.4 Å². The van der Waals surface area contributed by atoms with E-state index in [0.29, 0.717) is 18.7 Å². The molecule has 6 nitrogen and oxygen atoms in total. The molecule has 2 atom stereocenters. The van der Waals surface area contributed by atoms with E-state index in [9.17, 15) is 13.2 Å². The van der Waals surface area contributed by atoms with Crippen LogP contribution in [0.25, 0.3) is 6.08 Å². The minimum Gasteiger partial charge on any atom is -0.267 e. The number of amides is 1. The van der Waals surface area contributed by atoms with Crippen molar-refractivity contribution < 1.29 is 13.2 Å². The van der Waals surface area contributed by atoms with Crippen LogP contribution < -0.4 is 0 Å². The second kappa shape index (κ2) is 10.3. The number of fused-ring (bicyclic) bond motifs is 1. The summed E-state index contributed by atoms with van der Waals surface area (Å²) in [4.78, 5) is 16.4. The number of nitrogens with zero attached hydrogens (tertiary/aromatic N) is 3. The third kappa shape index (κ3) is 4.74. The topological polar surface area (TPSA) is 70.1 Å². The fourth-order valence-electron chi connectivity index (χ4n) is 5.61. The molecule has 0 radical (unpaired) electrons. The third-order valence-corrected chi connectivity index (χ3v) is 11.1. The number of thiophene rings is 2. The van der Waals surface area contributed by atoms with E-state index >= 15 is 0 Å². The third-order valence-electron chi connectivity index (χ3n) is 7.46. The Morgan fingerprint density at radius 2 is 1.70 bits per heavy atom. The number of rotatable bonds is 5. The largest absolute Gasteiger partial charge is 0.274 e. The van der Waals surface area contributed by atoms with Gasteiger partial charge >= 0.3 is 0 Å². The molecule has 0 N–H and O–H groups in total. The maximum absolute atomic E-state index is 13.8. The van der Waals surface area contributed by atoms with Crippen LogP contribution in [-0.2, 0) is 10.0 Å². The van der Waals surface area contributed by atoms with Crippen molar-refractivity contribution in [1.82, 2.24) is 9.31 Å². The van der Waals surface area contributed by atoms with Crippen LogP contribution in [0.3, 0.4) is 0 Å². The highest BCUT2D eigenvalue weighted by atomic mass is 32.2. The number of piperidine rings is 1. The zero-order valence-corrected chi connectivity index (χ0v) is 22.9. The Bertz CT molecular complexity index is 1420. The van der Waals surface area contributed by atoms with Gasteiger partial charge in [-0.1, -0.05) is 18.6 Å². The minimum atomic E-state index is -3.54. The number of hydrogen-bond acceptors (Lipinski definition) is 6. The fourth-order valence-corrected chi connectivity index (χ4v) is 8.68. The molecule has 1 saturated heterocycles. The van der Waals surface area contributed by atoms with Crippen LogP contribution in [0.1, 0.15) is 64.7 Å². The van der Waals surface area contributed by atoms with E-state index in [1.807, 2.05) is 17.5 Å². The van der Waals surface area contributed by atoms with Gasteiger partial charge in [0, 0.05) is 34.3 Å². The Hall–Kier alpha value is -2.59. The molecule has 4 heterocycles. The molecule has 2 unspecified atom stereocenters. The van der Waals surface area contributed by atoms with Gasteiger partial charge in [0.15, 0.2) is 0 Å². The summed E-state index contributed by atoms with van der Waals surface area (Å²) in [5.41, 5.74) is 2.67. The van der Waals surface area contributed by atoms with Crippen molar-refractivity contribution in [2.45, 2.75) is 49.5 Å². The highest BCUT2D eigenvalue weighted by Crippen LogP contribution is 2.46. The summed E-state index contributed by atoms with van der Waals surface area (Å²) in [7, 11) is -3.54. The molecule has 1 aromatic carbocycles. The van der Waals surface area contributed by atoms with Gasteiger partial charge in [-0.3, -0.25) is 4.79 Å². The number of sulfonamides is 1. The van der Waals surface area contributed by atoms with E-state index in [2.05, 4.69) is 23.6 Å². The van der Waals surface area contributed by atoms with Crippen molar-refractivity contribution in [1.29, 1.82) is 0 Å². The number of carbonyl (C=O) groups excluding carboxylic acids is 1. The van der Waals surface area contributed by atoms with Crippen molar-refractivity contribution in [3.63, 3.8) is 0 Å². The van der Waals surface area contributed by atoms with E-state index in [-0.39, 0.29) is 22.8 Å². The van der Waals surface area contributed by atoms with E-state index in [1.165, 1.54) is 10.5 Å². The SMILES string of the molecule is O=C(c1ccc(S(=O)(=O)N2CCCCC2)cc1)N1N=C2/C(=C/c3cccs3)CCCC2C1c1cccs1. The molecule has 3 aromatic rings. The smallest absolute Gasteiger partial charge is 0.267 e. The lowest BCUT2D eigenvalue weighted by atomic mass is 9.79. The van der Waals surface area contributed by atoms with Crippen LogP contribution in [0.4, 0.5) is 0 Å². The van der Waals surface area contributed by atoms with Gasteiger partial charge < -0.3 is 0 Å². The van der Waals surface area contributed by atoms with E-state index < -0.39 is 10.0 Å².